The average Bonchev–Trinajstić information content (AvgIpc) is 2.89. The predicted molar refractivity (Wildman–Crippen MR) is 97.4 cm³/mol. The molecule has 0 aromatic heterocycles. The minimum Gasteiger partial charge on any atom is -0.351 e. The monoisotopic (exact) mass is 352 g/mol. The van der Waals surface area contributed by atoms with E-state index >= 15 is 0 Å². The van der Waals surface area contributed by atoms with Gasteiger partial charge in [-0.3, -0.25) is 9.69 Å². The van der Waals surface area contributed by atoms with Crippen LogP contribution in [0.4, 0.5) is 20.2 Å². The molecule has 1 amide bonds. The number of benzene rings is 2. The van der Waals surface area contributed by atoms with E-state index in [9.17, 15) is 13.6 Å². The highest BCUT2D eigenvalue weighted by atomic mass is 19.1. The molecule has 0 saturated carbocycles. The molecular weight excluding hydrogens is 334 g/mol. The van der Waals surface area contributed by atoms with Gasteiger partial charge >= 0.3 is 0 Å². The molecule has 1 aliphatic heterocycles. The molecule has 0 saturated heterocycles. The van der Waals surface area contributed by atoms with Gasteiger partial charge in [0.05, 0.1) is 5.70 Å². The summed E-state index contributed by atoms with van der Waals surface area (Å²) in [5, 5.41) is 3.16. The first kappa shape index (κ1) is 16.5. The van der Waals surface area contributed by atoms with Crippen molar-refractivity contribution in [2.75, 3.05) is 10.2 Å². The van der Waals surface area contributed by atoms with Gasteiger partial charge in [0.15, 0.2) is 0 Å². The zero-order chi connectivity index (χ0) is 18.3. The van der Waals surface area contributed by atoms with E-state index in [1.54, 1.807) is 29.2 Å². The van der Waals surface area contributed by atoms with Crippen molar-refractivity contribution in [3.63, 3.8) is 0 Å². The molecule has 2 aromatic rings. The number of carbonyl (C=O) groups excluding carboxylic acids is 1. The van der Waals surface area contributed by atoms with Crippen LogP contribution in [0, 0.1) is 17.6 Å². The second-order valence-electron chi connectivity index (χ2n) is 6.74. The van der Waals surface area contributed by atoms with Crippen LogP contribution >= 0.6 is 0 Å². The van der Waals surface area contributed by atoms with Crippen molar-refractivity contribution in [2.24, 2.45) is 5.92 Å². The van der Waals surface area contributed by atoms with E-state index in [1.165, 1.54) is 24.3 Å². The maximum atomic E-state index is 13.3. The fourth-order valence-corrected chi connectivity index (χ4v) is 3.43. The Hall–Kier alpha value is -2.95. The van der Waals surface area contributed by atoms with Crippen LogP contribution in [0.1, 0.15) is 19.8 Å². The van der Waals surface area contributed by atoms with Crippen molar-refractivity contribution in [1.29, 1.82) is 0 Å². The topological polar surface area (TPSA) is 32.3 Å². The fraction of sp³-hybridized carbons (Fsp3) is 0.190. The summed E-state index contributed by atoms with van der Waals surface area (Å²) in [7, 11) is 0. The lowest BCUT2D eigenvalue weighted by molar-refractivity contribution is -0.114. The number of halogens is 2. The number of amides is 1. The molecule has 1 aliphatic carbocycles. The summed E-state index contributed by atoms with van der Waals surface area (Å²) in [6.07, 6.45) is 3.72. The van der Waals surface area contributed by atoms with Crippen LogP contribution in [-0.2, 0) is 4.79 Å². The lowest BCUT2D eigenvalue weighted by Gasteiger charge is -2.24. The van der Waals surface area contributed by atoms with E-state index in [-0.39, 0.29) is 17.5 Å². The van der Waals surface area contributed by atoms with Gasteiger partial charge in [0.25, 0.3) is 5.91 Å². The maximum absolute atomic E-state index is 13.3. The second kappa shape index (κ2) is 6.41. The molecule has 0 bridgehead atoms. The Kier molecular flexibility index (Phi) is 4.07. The number of carbonyl (C=O) groups is 1. The molecule has 1 N–H and O–H groups in total. The molecule has 1 atom stereocenters. The Bertz CT molecular complexity index is 914. The summed E-state index contributed by atoms with van der Waals surface area (Å²) in [4.78, 5) is 14.7. The maximum Gasteiger partial charge on any atom is 0.279 e. The van der Waals surface area contributed by atoms with Gasteiger partial charge in [0, 0.05) is 16.9 Å². The van der Waals surface area contributed by atoms with Crippen LogP contribution < -0.4 is 10.2 Å². The fourth-order valence-electron chi connectivity index (χ4n) is 3.43. The normalized spacial score (nSPS) is 19.5. The summed E-state index contributed by atoms with van der Waals surface area (Å²) in [5.41, 5.74) is 3.58. The third-order valence-electron chi connectivity index (χ3n) is 4.73. The van der Waals surface area contributed by atoms with E-state index in [2.05, 4.69) is 18.3 Å². The van der Waals surface area contributed by atoms with E-state index in [1.807, 2.05) is 0 Å². The van der Waals surface area contributed by atoms with E-state index in [4.69, 9.17) is 0 Å². The number of rotatable bonds is 3. The van der Waals surface area contributed by atoms with Crippen molar-refractivity contribution in [2.45, 2.75) is 19.8 Å². The summed E-state index contributed by atoms with van der Waals surface area (Å²) < 4.78 is 26.4. The molecular formula is C21H18F2N2O. The number of allylic oxidation sites excluding steroid dienone is 2. The zero-order valence-electron chi connectivity index (χ0n) is 14.3. The quantitative estimate of drug-likeness (QED) is 0.844. The SMILES string of the molecule is C[C@H]1CC=C2C(=C(Nc3ccc(F)cc3)C(=O)N2c2ccc(F)cc2)C1. The summed E-state index contributed by atoms with van der Waals surface area (Å²) in [5.74, 6) is -0.425. The van der Waals surface area contributed by atoms with Gasteiger partial charge in [0.1, 0.15) is 17.3 Å². The van der Waals surface area contributed by atoms with Crippen molar-refractivity contribution in [3.05, 3.63) is 83.2 Å². The Morgan fingerprint density at radius 3 is 2.27 bits per heavy atom. The number of nitrogens with zero attached hydrogens (tertiary/aromatic N) is 1. The van der Waals surface area contributed by atoms with Crippen molar-refractivity contribution < 1.29 is 13.6 Å². The Balaban J connectivity index is 1.74. The van der Waals surface area contributed by atoms with Gasteiger partial charge in [0.2, 0.25) is 0 Å². The van der Waals surface area contributed by atoms with Gasteiger partial charge in [-0.15, -0.1) is 0 Å². The largest absolute Gasteiger partial charge is 0.351 e. The first-order valence-electron chi connectivity index (χ1n) is 8.59. The molecule has 1 heterocycles. The first-order valence-corrected chi connectivity index (χ1v) is 8.59. The van der Waals surface area contributed by atoms with Crippen molar-refractivity contribution >= 4 is 17.3 Å². The number of hydrogen-bond donors (Lipinski definition) is 1. The number of nitrogens with one attached hydrogen (secondary N) is 1. The van der Waals surface area contributed by atoms with Gasteiger partial charge < -0.3 is 5.32 Å². The second-order valence-corrected chi connectivity index (χ2v) is 6.74. The summed E-state index contributed by atoms with van der Waals surface area (Å²) in [6.45, 7) is 2.14. The van der Waals surface area contributed by atoms with E-state index in [0.717, 1.165) is 24.1 Å². The van der Waals surface area contributed by atoms with Crippen LogP contribution in [0.5, 0.6) is 0 Å². The standard InChI is InChI=1S/C21H18F2N2O/c1-13-2-11-19-18(12-13)20(24-16-7-3-14(22)4-8-16)21(26)25(19)17-9-5-15(23)6-10-17/h3-11,13,24H,2,12H2,1H3/t13-/m0/s1. The van der Waals surface area contributed by atoms with E-state index in [0.29, 0.717) is 23.0 Å². The Labute approximate surface area is 150 Å². The van der Waals surface area contributed by atoms with Crippen LogP contribution in [-0.4, -0.2) is 5.91 Å². The lowest BCUT2D eigenvalue weighted by Crippen LogP contribution is -2.27. The van der Waals surface area contributed by atoms with Gasteiger partial charge in [-0.05, 0) is 67.3 Å². The number of fused-ring (bicyclic) bond motifs is 1. The smallest absolute Gasteiger partial charge is 0.279 e. The first-order chi connectivity index (χ1) is 12.5. The van der Waals surface area contributed by atoms with Crippen LogP contribution in [0.3, 0.4) is 0 Å². The van der Waals surface area contributed by atoms with Gasteiger partial charge in [-0.2, -0.15) is 0 Å². The summed E-state index contributed by atoms with van der Waals surface area (Å²) >= 11 is 0. The minimum atomic E-state index is -0.343. The molecule has 2 aliphatic rings. The number of hydrogen-bond acceptors (Lipinski definition) is 2. The van der Waals surface area contributed by atoms with Gasteiger partial charge in [-0.1, -0.05) is 13.0 Å². The molecule has 0 unspecified atom stereocenters. The minimum absolute atomic E-state index is 0.184. The molecule has 26 heavy (non-hydrogen) atoms. The highest BCUT2D eigenvalue weighted by Gasteiger charge is 2.38. The van der Waals surface area contributed by atoms with Gasteiger partial charge in [-0.25, -0.2) is 8.78 Å². The highest BCUT2D eigenvalue weighted by Crippen LogP contribution is 2.41. The average molecular weight is 352 g/mol. The Morgan fingerprint density at radius 1 is 1.00 bits per heavy atom. The molecule has 2 aromatic carbocycles. The molecule has 0 spiro atoms. The van der Waals surface area contributed by atoms with E-state index < -0.39 is 0 Å². The number of anilines is 2. The molecule has 0 radical (unpaired) electrons. The van der Waals surface area contributed by atoms with Crippen molar-refractivity contribution in [1.82, 2.24) is 0 Å². The molecule has 5 heteroatoms. The predicted octanol–water partition coefficient (Wildman–Crippen LogP) is 4.99. The molecule has 0 fully saturated rings. The summed E-state index contributed by atoms with van der Waals surface area (Å²) in [6, 6.07) is 11.8. The lowest BCUT2D eigenvalue weighted by atomic mass is 9.90. The van der Waals surface area contributed by atoms with Crippen LogP contribution in [0.25, 0.3) is 0 Å². The zero-order valence-corrected chi connectivity index (χ0v) is 14.3. The van der Waals surface area contributed by atoms with Crippen molar-refractivity contribution in [3.8, 4) is 0 Å². The third kappa shape index (κ3) is 2.90. The Morgan fingerprint density at radius 2 is 1.62 bits per heavy atom. The van der Waals surface area contributed by atoms with Crippen LogP contribution in [0.15, 0.2) is 71.6 Å². The molecule has 132 valence electrons. The highest BCUT2D eigenvalue weighted by molar-refractivity contribution is 6.15. The molecule has 3 nitrogen and oxygen atoms in total. The van der Waals surface area contributed by atoms with Crippen LogP contribution in [0.2, 0.25) is 0 Å². The third-order valence-corrected chi connectivity index (χ3v) is 4.73. The molecule has 4 rings (SSSR count).